The number of nitrogens with one attached hydrogen (secondary N) is 3. The second-order valence-corrected chi connectivity index (χ2v) is 13.7. The van der Waals surface area contributed by atoms with Crippen LogP contribution in [-0.2, 0) is 26.2 Å². The molecule has 1 aliphatic carbocycles. The van der Waals surface area contributed by atoms with Crippen LogP contribution in [0, 0.1) is 0 Å². The van der Waals surface area contributed by atoms with Crippen LogP contribution >= 0.6 is 11.3 Å². The Hall–Kier alpha value is -3.76. The van der Waals surface area contributed by atoms with Crippen LogP contribution in [0.3, 0.4) is 0 Å². The molecule has 1 fully saturated rings. The first-order valence-electron chi connectivity index (χ1n) is 16.2. The Labute approximate surface area is 289 Å². The number of fused-ring (bicyclic) bond motifs is 1. The van der Waals surface area contributed by atoms with Gasteiger partial charge in [-0.2, -0.15) is 26.3 Å². The van der Waals surface area contributed by atoms with Crippen molar-refractivity contribution in [3.05, 3.63) is 63.3 Å². The number of hydrogen-bond acceptors (Lipinski definition) is 8. The van der Waals surface area contributed by atoms with Gasteiger partial charge in [-0.25, -0.2) is 0 Å². The average molecular weight is 733 g/mol. The number of aromatic nitrogens is 1. The van der Waals surface area contributed by atoms with Gasteiger partial charge in [0.05, 0.1) is 4.70 Å². The maximum Gasteiger partial charge on any atom is 0.458 e. The van der Waals surface area contributed by atoms with Gasteiger partial charge in [0, 0.05) is 44.1 Å². The number of aromatic hydroxyl groups is 1. The molecule has 276 valence electrons. The maximum atomic E-state index is 13.3. The molecule has 0 atom stereocenters. The summed E-state index contributed by atoms with van der Waals surface area (Å²) in [5.74, 6) is -6.47. The highest BCUT2D eigenvalue weighted by Crippen LogP contribution is 2.28. The number of aromatic amines is 1. The van der Waals surface area contributed by atoms with Crippen LogP contribution in [0.2, 0.25) is 0 Å². The lowest BCUT2D eigenvalue weighted by Crippen LogP contribution is -2.46. The van der Waals surface area contributed by atoms with Gasteiger partial charge in [0.1, 0.15) is 11.3 Å². The first-order valence-corrected chi connectivity index (χ1v) is 17.1. The van der Waals surface area contributed by atoms with Gasteiger partial charge in [0.25, 0.3) is 0 Å². The molecular formula is C34H42F6N4O5S. The van der Waals surface area contributed by atoms with Crippen molar-refractivity contribution < 1.29 is 45.8 Å². The zero-order valence-electron chi connectivity index (χ0n) is 27.8. The first kappa shape index (κ1) is 40.7. The normalized spacial score (nSPS) is 14.2. The number of thiazole rings is 1. The van der Waals surface area contributed by atoms with E-state index in [-0.39, 0.29) is 21.9 Å². The molecule has 4 N–H and O–H groups in total. The minimum Gasteiger partial charge on any atom is -0.506 e. The van der Waals surface area contributed by atoms with E-state index >= 15 is 0 Å². The molecule has 1 heterocycles. The fourth-order valence-electron chi connectivity index (χ4n) is 5.71. The number of phenolic OH excluding ortho intramolecular Hbond substituents is 1. The van der Waals surface area contributed by atoms with Gasteiger partial charge in [-0.15, -0.1) is 0 Å². The molecule has 1 amide bonds. The number of carbonyl (C=O) groups is 3. The molecule has 2 aromatic carbocycles. The largest absolute Gasteiger partial charge is 0.506 e. The minimum atomic E-state index is -5.77. The molecule has 1 aromatic heterocycles. The second-order valence-electron chi connectivity index (χ2n) is 12.7. The van der Waals surface area contributed by atoms with Crippen molar-refractivity contribution in [3.8, 4) is 5.75 Å². The van der Waals surface area contributed by atoms with E-state index in [0.717, 1.165) is 60.5 Å². The molecule has 50 heavy (non-hydrogen) atoms. The van der Waals surface area contributed by atoms with Gasteiger partial charge in [-0.1, -0.05) is 80.8 Å². The smallest absolute Gasteiger partial charge is 0.458 e. The van der Waals surface area contributed by atoms with Gasteiger partial charge < -0.3 is 25.6 Å². The van der Waals surface area contributed by atoms with Gasteiger partial charge in [-0.3, -0.25) is 19.2 Å². The lowest BCUT2D eigenvalue weighted by molar-refractivity contribution is -0.193. The van der Waals surface area contributed by atoms with Crippen LogP contribution in [0.4, 0.5) is 26.3 Å². The standard InChI is InChI=1S/C30H42N4O3S.C4F6O2/c1-30(2,23-9-5-3-6-10-23)21-32-18-16-26(36)34(24-11-7-4-8-12-24)20-19-31-17-15-22-13-14-25(35)27-28(22)38-29(37)33-27;5-3(6,7)1(11)2(12)4(8,9)10/h3,5-6,9-10,13-14,24,31-32,35H,4,7-8,11-12,15-21H2,1-2H3,(H,33,37);. The zero-order chi connectivity index (χ0) is 37.1. The summed E-state index contributed by atoms with van der Waals surface area (Å²) in [6.45, 7) is 8.17. The molecule has 4 rings (SSSR count). The Morgan fingerprint density at radius 2 is 1.50 bits per heavy atom. The second kappa shape index (κ2) is 17.9. The molecule has 0 aliphatic heterocycles. The summed E-state index contributed by atoms with van der Waals surface area (Å²) in [7, 11) is 0. The molecule has 1 saturated carbocycles. The quantitative estimate of drug-likeness (QED) is 0.0938. The molecule has 3 aromatic rings. The van der Waals surface area contributed by atoms with E-state index in [2.05, 4.69) is 58.6 Å². The van der Waals surface area contributed by atoms with Crippen molar-refractivity contribution in [2.24, 2.45) is 0 Å². The number of Topliss-reactive ketones (excluding diaryl/α,β-unsaturated/α-hetero) is 2. The summed E-state index contributed by atoms with van der Waals surface area (Å²) in [6.07, 6.45) is -4.43. The third-order valence-corrected chi connectivity index (χ3v) is 9.39. The number of H-pyrrole nitrogens is 1. The molecule has 0 unspecified atom stereocenters. The Kier molecular flexibility index (Phi) is 14.6. The van der Waals surface area contributed by atoms with Crippen LogP contribution < -0.4 is 15.5 Å². The van der Waals surface area contributed by atoms with Gasteiger partial charge >= 0.3 is 28.8 Å². The summed E-state index contributed by atoms with van der Waals surface area (Å²) >= 11 is 1.14. The fraction of sp³-hybridized carbons (Fsp3) is 0.529. The van der Waals surface area contributed by atoms with Gasteiger partial charge in [0.15, 0.2) is 0 Å². The number of nitrogens with zero attached hydrogens (tertiary/aromatic N) is 1. The van der Waals surface area contributed by atoms with E-state index in [0.29, 0.717) is 31.1 Å². The summed E-state index contributed by atoms with van der Waals surface area (Å²) in [4.78, 5) is 49.0. The Bertz CT molecular complexity index is 1610. The lowest BCUT2D eigenvalue weighted by atomic mass is 9.84. The number of carbonyl (C=O) groups excluding carboxylic acids is 3. The van der Waals surface area contributed by atoms with E-state index in [4.69, 9.17) is 0 Å². The van der Waals surface area contributed by atoms with Crippen molar-refractivity contribution in [1.29, 1.82) is 0 Å². The number of alkyl halides is 6. The first-order chi connectivity index (χ1) is 23.4. The van der Waals surface area contributed by atoms with Gasteiger partial charge in [-0.05, 0) is 43.0 Å². The molecular weight excluding hydrogens is 690 g/mol. The average Bonchev–Trinajstić information content (AvgIpc) is 3.47. The molecule has 16 heteroatoms. The highest BCUT2D eigenvalue weighted by Gasteiger charge is 2.54. The van der Waals surface area contributed by atoms with Crippen molar-refractivity contribution in [2.75, 3.05) is 32.7 Å². The van der Waals surface area contributed by atoms with Crippen molar-refractivity contribution in [1.82, 2.24) is 20.5 Å². The fourth-order valence-corrected chi connectivity index (χ4v) is 6.61. The predicted molar refractivity (Wildman–Crippen MR) is 178 cm³/mol. The molecule has 1 aliphatic rings. The van der Waals surface area contributed by atoms with E-state index in [1.54, 1.807) is 6.07 Å². The van der Waals surface area contributed by atoms with E-state index in [1.807, 2.05) is 12.1 Å². The number of rotatable bonds is 14. The number of benzene rings is 2. The lowest BCUT2D eigenvalue weighted by Gasteiger charge is -2.35. The van der Waals surface area contributed by atoms with Crippen LogP contribution in [0.25, 0.3) is 10.2 Å². The maximum absolute atomic E-state index is 13.3. The summed E-state index contributed by atoms with van der Waals surface area (Å²) in [6, 6.07) is 14.4. The number of ketones is 2. The third kappa shape index (κ3) is 11.9. The SMILES string of the molecule is CC(C)(CNCCC(=O)N(CCNCCc1ccc(O)c2[nH]c(=O)sc12)C1CCCCC1)c1ccccc1.O=C(C(=O)C(F)(F)F)C(F)(F)F. The van der Waals surface area contributed by atoms with Crippen LogP contribution in [0.5, 0.6) is 5.75 Å². The van der Waals surface area contributed by atoms with Crippen molar-refractivity contribution in [3.63, 3.8) is 0 Å². The van der Waals surface area contributed by atoms with Gasteiger partial charge in [0.2, 0.25) is 5.91 Å². The number of hydrogen-bond donors (Lipinski definition) is 4. The molecule has 0 bridgehead atoms. The highest BCUT2D eigenvalue weighted by molar-refractivity contribution is 7.16. The van der Waals surface area contributed by atoms with E-state index < -0.39 is 23.9 Å². The number of phenols is 1. The predicted octanol–water partition coefficient (Wildman–Crippen LogP) is 5.80. The monoisotopic (exact) mass is 732 g/mol. The van der Waals surface area contributed by atoms with E-state index in [1.165, 1.54) is 24.8 Å². The van der Waals surface area contributed by atoms with Crippen LogP contribution in [0.15, 0.2) is 47.3 Å². The Morgan fingerprint density at radius 3 is 2.10 bits per heavy atom. The topological polar surface area (TPSA) is 132 Å². The number of halogens is 6. The van der Waals surface area contributed by atoms with Crippen LogP contribution in [-0.4, -0.2) is 83.6 Å². The van der Waals surface area contributed by atoms with Crippen LogP contribution in [0.1, 0.15) is 63.5 Å². The summed E-state index contributed by atoms with van der Waals surface area (Å²) in [5, 5.41) is 17.0. The minimum absolute atomic E-state index is 0.0107. The third-order valence-electron chi connectivity index (χ3n) is 8.43. The van der Waals surface area contributed by atoms with Crippen molar-refractivity contribution >= 4 is 39.0 Å². The Morgan fingerprint density at radius 1 is 0.880 bits per heavy atom. The number of amides is 1. The molecule has 0 saturated heterocycles. The summed E-state index contributed by atoms with van der Waals surface area (Å²) < 4.78 is 67.8. The molecule has 0 spiro atoms. The van der Waals surface area contributed by atoms with E-state index in [9.17, 15) is 50.6 Å². The zero-order valence-corrected chi connectivity index (χ0v) is 28.6. The summed E-state index contributed by atoms with van der Waals surface area (Å²) in [5.41, 5.74) is 2.87. The molecule has 9 nitrogen and oxygen atoms in total. The molecule has 0 radical (unpaired) electrons. The van der Waals surface area contributed by atoms with Crippen molar-refractivity contribution in [2.45, 2.75) is 82.6 Å². The highest BCUT2D eigenvalue weighted by atomic mass is 32.1. The Balaban J connectivity index is 0.000000482.